The summed E-state index contributed by atoms with van der Waals surface area (Å²) < 4.78 is 6.98. The van der Waals surface area contributed by atoms with Crippen LogP contribution in [0.25, 0.3) is 0 Å². The summed E-state index contributed by atoms with van der Waals surface area (Å²) in [7, 11) is 0. The summed E-state index contributed by atoms with van der Waals surface area (Å²) in [6, 6.07) is 6.99. The van der Waals surface area contributed by atoms with Crippen LogP contribution >= 0.6 is 0 Å². The van der Waals surface area contributed by atoms with Gasteiger partial charge in [0.05, 0.1) is 12.2 Å². The molecule has 22 heavy (non-hydrogen) atoms. The number of ether oxygens (including phenoxy) is 1. The lowest BCUT2D eigenvalue weighted by Crippen LogP contribution is -2.31. The lowest BCUT2D eigenvalue weighted by molar-refractivity contribution is -0.115. The number of rotatable bonds is 4. The highest BCUT2D eigenvalue weighted by Crippen LogP contribution is 2.34. The van der Waals surface area contributed by atoms with Crippen LogP contribution in [-0.4, -0.2) is 32.7 Å². The highest BCUT2D eigenvalue weighted by molar-refractivity contribution is 5.95. The molecule has 1 aliphatic heterocycles. The van der Waals surface area contributed by atoms with E-state index >= 15 is 0 Å². The molecule has 0 aliphatic carbocycles. The molecular weight excluding hydrogens is 284 g/mol. The van der Waals surface area contributed by atoms with E-state index in [0.29, 0.717) is 23.8 Å². The minimum Gasteiger partial charge on any atom is -0.494 e. The zero-order chi connectivity index (χ0) is 15.7. The summed E-state index contributed by atoms with van der Waals surface area (Å²) >= 11 is 0. The van der Waals surface area contributed by atoms with Gasteiger partial charge in [0.2, 0.25) is 11.9 Å². The number of hydrogen-bond acceptors (Lipinski definition) is 6. The number of nitrogens with one attached hydrogen (secondary N) is 1. The molecule has 1 aliphatic rings. The van der Waals surface area contributed by atoms with Gasteiger partial charge in [-0.1, -0.05) is 17.2 Å². The molecule has 3 N–H and O–H groups in total. The van der Waals surface area contributed by atoms with E-state index in [9.17, 15) is 4.79 Å². The zero-order valence-corrected chi connectivity index (χ0v) is 12.3. The number of nitrogens with zero attached hydrogens (tertiary/aromatic N) is 4. The van der Waals surface area contributed by atoms with Crippen molar-refractivity contribution in [3.05, 3.63) is 41.1 Å². The van der Waals surface area contributed by atoms with Crippen LogP contribution in [0.1, 0.15) is 25.5 Å². The number of tetrazole rings is 1. The first-order chi connectivity index (χ1) is 10.6. The first-order valence-electron chi connectivity index (χ1n) is 6.90. The second-order valence-electron chi connectivity index (χ2n) is 4.88. The van der Waals surface area contributed by atoms with Crippen molar-refractivity contribution in [3.63, 3.8) is 0 Å². The van der Waals surface area contributed by atoms with Gasteiger partial charge in [-0.2, -0.15) is 4.68 Å². The van der Waals surface area contributed by atoms with Gasteiger partial charge in [-0.15, -0.1) is 0 Å². The summed E-state index contributed by atoms with van der Waals surface area (Å²) in [5, 5.41) is 14.5. The molecule has 1 aromatic carbocycles. The van der Waals surface area contributed by atoms with Gasteiger partial charge in [-0.25, -0.2) is 0 Å². The second-order valence-corrected chi connectivity index (χ2v) is 4.88. The Kier molecular flexibility index (Phi) is 3.50. The maximum absolute atomic E-state index is 11.9. The molecule has 0 spiro atoms. The summed E-state index contributed by atoms with van der Waals surface area (Å²) in [6.45, 7) is 4.29. The fourth-order valence-electron chi connectivity index (χ4n) is 2.55. The maximum atomic E-state index is 11.9. The molecule has 2 heterocycles. The average molecular weight is 300 g/mol. The third kappa shape index (κ3) is 2.28. The highest BCUT2D eigenvalue weighted by atomic mass is 16.5. The largest absolute Gasteiger partial charge is 0.494 e. The first-order valence-corrected chi connectivity index (χ1v) is 6.90. The number of primary amides is 1. The van der Waals surface area contributed by atoms with Crippen molar-refractivity contribution in [2.75, 3.05) is 11.9 Å². The fraction of sp³-hybridized carbons (Fsp3) is 0.286. The quantitative estimate of drug-likeness (QED) is 0.866. The fourth-order valence-corrected chi connectivity index (χ4v) is 2.55. The third-order valence-electron chi connectivity index (χ3n) is 3.49. The van der Waals surface area contributed by atoms with E-state index in [1.165, 1.54) is 0 Å². The van der Waals surface area contributed by atoms with Crippen LogP contribution in [0.2, 0.25) is 0 Å². The Hall–Kier alpha value is -2.90. The van der Waals surface area contributed by atoms with Crippen molar-refractivity contribution in [3.8, 4) is 5.75 Å². The normalized spacial score (nSPS) is 16.9. The van der Waals surface area contributed by atoms with Crippen LogP contribution < -0.4 is 15.8 Å². The Labute approximate surface area is 126 Å². The highest BCUT2D eigenvalue weighted by Gasteiger charge is 2.32. The van der Waals surface area contributed by atoms with Gasteiger partial charge in [0.1, 0.15) is 11.8 Å². The third-order valence-corrected chi connectivity index (χ3v) is 3.49. The van der Waals surface area contributed by atoms with Gasteiger partial charge in [-0.05, 0) is 42.0 Å². The van der Waals surface area contributed by atoms with E-state index in [-0.39, 0.29) is 0 Å². The number of nitrogens with two attached hydrogens (primary N) is 1. The molecule has 2 aromatic rings. The lowest BCUT2D eigenvalue weighted by atomic mass is 9.95. The van der Waals surface area contributed by atoms with Crippen LogP contribution in [0.5, 0.6) is 5.75 Å². The second kappa shape index (κ2) is 5.47. The molecule has 8 heteroatoms. The molecule has 0 saturated carbocycles. The predicted octanol–water partition coefficient (Wildman–Crippen LogP) is 0.846. The van der Waals surface area contributed by atoms with E-state index in [4.69, 9.17) is 10.5 Å². The predicted molar refractivity (Wildman–Crippen MR) is 79.1 cm³/mol. The van der Waals surface area contributed by atoms with Crippen molar-refractivity contribution in [1.29, 1.82) is 0 Å². The Morgan fingerprint density at radius 1 is 1.41 bits per heavy atom. The number of fused-ring (bicyclic) bond motifs is 1. The summed E-state index contributed by atoms with van der Waals surface area (Å²) in [4.78, 5) is 11.9. The molecule has 1 atom stereocenters. The van der Waals surface area contributed by atoms with Crippen LogP contribution in [0, 0.1) is 0 Å². The van der Waals surface area contributed by atoms with Crippen molar-refractivity contribution in [1.82, 2.24) is 20.2 Å². The number of anilines is 1. The van der Waals surface area contributed by atoms with E-state index < -0.39 is 11.9 Å². The Morgan fingerprint density at radius 3 is 2.77 bits per heavy atom. The number of hydrogen-bond donors (Lipinski definition) is 2. The Bertz CT molecular complexity index is 734. The van der Waals surface area contributed by atoms with Gasteiger partial charge < -0.3 is 15.8 Å². The van der Waals surface area contributed by atoms with Crippen LogP contribution in [0.15, 0.2) is 35.5 Å². The summed E-state index contributed by atoms with van der Waals surface area (Å²) in [6.07, 6.45) is 0. The van der Waals surface area contributed by atoms with Gasteiger partial charge in [0, 0.05) is 5.70 Å². The topological polar surface area (TPSA) is 108 Å². The number of amides is 1. The minimum absolute atomic E-state index is 0.434. The van der Waals surface area contributed by atoms with Gasteiger partial charge in [0.15, 0.2) is 0 Å². The zero-order valence-electron chi connectivity index (χ0n) is 12.3. The van der Waals surface area contributed by atoms with E-state index in [2.05, 4.69) is 20.8 Å². The molecule has 1 aromatic heterocycles. The molecular formula is C14H16N6O2. The number of benzene rings is 1. The Balaban J connectivity index is 2.08. The van der Waals surface area contributed by atoms with E-state index in [0.717, 1.165) is 11.3 Å². The number of allylic oxidation sites excluding steroid dienone is 1. The average Bonchev–Trinajstić information content (AvgIpc) is 2.94. The van der Waals surface area contributed by atoms with Crippen LogP contribution in [-0.2, 0) is 4.79 Å². The van der Waals surface area contributed by atoms with E-state index in [1.54, 1.807) is 11.6 Å². The SMILES string of the molecule is CCOc1ccc(C2C(C(N)=O)=C(C)Nc3nnnn32)cc1. The maximum Gasteiger partial charge on any atom is 0.248 e. The summed E-state index contributed by atoms with van der Waals surface area (Å²) in [5.74, 6) is 0.727. The van der Waals surface area contributed by atoms with Crippen molar-refractivity contribution < 1.29 is 9.53 Å². The summed E-state index contributed by atoms with van der Waals surface area (Å²) in [5.41, 5.74) is 7.48. The molecule has 114 valence electrons. The number of aromatic nitrogens is 4. The van der Waals surface area contributed by atoms with Crippen molar-refractivity contribution in [2.24, 2.45) is 5.73 Å². The molecule has 1 amide bonds. The standard InChI is InChI=1S/C14H16N6O2/c1-3-22-10-6-4-9(5-7-10)12-11(13(15)21)8(2)16-14-17-18-19-20(12)14/h4-7,12H,3H2,1-2H3,(H2,15,21)(H,16,17,19). The van der Waals surface area contributed by atoms with Gasteiger partial charge >= 0.3 is 0 Å². The molecule has 0 fully saturated rings. The Morgan fingerprint density at radius 2 is 2.14 bits per heavy atom. The van der Waals surface area contributed by atoms with Crippen molar-refractivity contribution >= 4 is 11.9 Å². The van der Waals surface area contributed by atoms with Gasteiger partial charge in [0.25, 0.3) is 0 Å². The molecule has 0 saturated heterocycles. The minimum atomic E-state index is -0.509. The van der Waals surface area contributed by atoms with Gasteiger partial charge in [-0.3, -0.25) is 4.79 Å². The van der Waals surface area contributed by atoms with Crippen LogP contribution in [0.3, 0.4) is 0 Å². The monoisotopic (exact) mass is 300 g/mol. The van der Waals surface area contributed by atoms with Crippen LogP contribution in [0.4, 0.5) is 5.95 Å². The molecule has 3 rings (SSSR count). The molecule has 1 unspecified atom stereocenters. The van der Waals surface area contributed by atoms with E-state index in [1.807, 2.05) is 31.2 Å². The molecule has 0 bridgehead atoms. The molecule has 8 nitrogen and oxygen atoms in total. The lowest BCUT2D eigenvalue weighted by Gasteiger charge is -2.26. The first kappa shape index (κ1) is 14.1. The smallest absolute Gasteiger partial charge is 0.248 e. The van der Waals surface area contributed by atoms with Crippen molar-refractivity contribution in [2.45, 2.75) is 19.9 Å². The molecule has 0 radical (unpaired) electrons. The number of carbonyl (C=O) groups is 1. The number of carbonyl (C=O) groups excluding carboxylic acids is 1.